The summed E-state index contributed by atoms with van der Waals surface area (Å²) in [6.45, 7) is 16.4. The quantitative estimate of drug-likeness (QED) is 0.392. The second-order valence-corrected chi connectivity index (χ2v) is 11.3. The van der Waals surface area contributed by atoms with Gasteiger partial charge in [-0.15, -0.1) is 0 Å². The van der Waals surface area contributed by atoms with Crippen LogP contribution in [0.4, 0.5) is 0 Å². The number of rotatable bonds is 0. The summed E-state index contributed by atoms with van der Waals surface area (Å²) in [6.07, 6.45) is 0.489. The van der Waals surface area contributed by atoms with Gasteiger partial charge < -0.3 is 9.78 Å². The molecule has 0 saturated carbocycles. The number of benzene rings is 2. The molecule has 0 amide bonds. The molecule has 0 fully saturated rings. The van der Waals surface area contributed by atoms with Crippen LogP contribution in [0.1, 0.15) is 74.9 Å². The summed E-state index contributed by atoms with van der Waals surface area (Å²) < 4.78 is 22.1. The highest BCUT2D eigenvalue weighted by molar-refractivity contribution is 7.47. The lowest BCUT2D eigenvalue weighted by atomic mass is 9.81. The van der Waals surface area contributed by atoms with Crippen LogP contribution in [-0.4, -0.2) is 4.89 Å². The van der Waals surface area contributed by atoms with Crippen LogP contribution in [-0.2, 0) is 31.2 Å². The largest absolute Gasteiger partial charge is 0.544 e. The van der Waals surface area contributed by atoms with Crippen LogP contribution < -0.4 is 9.78 Å². The van der Waals surface area contributed by atoms with Crippen molar-refractivity contribution >= 4 is 7.82 Å². The summed E-state index contributed by atoms with van der Waals surface area (Å²) in [5.74, 6) is 0.857. The molecule has 0 spiro atoms. The Bertz CT molecular complexity index is 936. The van der Waals surface area contributed by atoms with Gasteiger partial charge in [0, 0.05) is 28.7 Å². The fraction of sp³-hybridized carbons (Fsp3) is 0.478. The van der Waals surface area contributed by atoms with Crippen molar-refractivity contribution in [2.45, 2.75) is 72.6 Å². The molecule has 0 bridgehead atoms. The van der Waals surface area contributed by atoms with Crippen molar-refractivity contribution in [3.8, 4) is 11.5 Å². The third-order valence-corrected chi connectivity index (χ3v) is 5.57. The monoisotopic (exact) mass is 434 g/mol. The standard InChI is InChI=1S/C23H31O6P/c1-14-9-16-13-17-10-15(2)12-19(23(6,7)8)21(17)27-29-30(24,25)28-26-20(16)18(11-14)22(3,4)5/h9-12H,13H2,1-8H3,(H,24,25). The molecule has 164 valence electrons. The molecule has 0 aliphatic carbocycles. The van der Waals surface area contributed by atoms with E-state index in [-0.39, 0.29) is 10.8 Å². The van der Waals surface area contributed by atoms with Crippen LogP contribution in [0.5, 0.6) is 11.5 Å². The number of phosphoric acid groups is 1. The van der Waals surface area contributed by atoms with Gasteiger partial charge in [0.1, 0.15) is 0 Å². The highest BCUT2D eigenvalue weighted by atomic mass is 31.2. The van der Waals surface area contributed by atoms with Crippen molar-refractivity contribution in [2.24, 2.45) is 0 Å². The lowest BCUT2D eigenvalue weighted by Gasteiger charge is -2.28. The lowest BCUT2D eigenvalue weighted by Crippen LogP contribution is -2.18. The zero-order chi connectivity index (χ0) is 22.5. The van der Waals surface area contributed by atoms with Gasteiger partial charge in [-0.1, -0.05) is 86.3 Å². The van der Waals surface area contributed by atoms with E-state index in [0.29, 0.717) is 17.9 Å². The minimum absolute atomic E-state index is 0.271. The van der Waals surface area contributed by atoms with Gasteiger partial charge >= 0.3 is 7.82 Å². The third-order valence-electron chi connectivity index (χ3n) is 5.05. The maximum absolute atomic E-state index is 12.4. The van der Waals surface area contributed by atoms with Crippen LogP contribution in [0.15, 0.2) is 24.3 Å². The Labute approximate surface area is 178 Å². The molecule has 1 N–H and O–H groups in total. The van der Waals surface area contributed by atoms with Crippen molar-refractivity contribution in [1.29, 1.82) is 0 Å². The molecule has 30 heavy (non-hydrogen) atoms. The SMILES string of the molecule is Cc1cc2c(c(C(C)(C)C)c1)OOP(=O)(O)OOc1c(cc(C)cc1C(C)(C)C)C2. The van der Waals surface area contributed by atoms with Gasteiger partial charge in [0.25, 0.3) is 0 Å². The fourth-order valence-electron chi connectivity index (χ4n) is 3.66. The van der Waals surface area contributed by atoms with Gasteiger partial charge in [0.15, 0.2) is 11.5 Å². The molecule has 1 heterocycles. The van der Waals surface area contributed by atoms with Crippen LogP contribution in [0.2, 0.25) is 0 Å². The molecular weight excluding hydrogens is 403 g/mol. The van der Waals surface area contributed by atoms with Crippen LogP contribution in [0, 0.1) is 13.8 Å². The van der Waals surface area contributed by atoms with Crippen molar-refractivity contribution < 1.29 is 28.6 Å². The summed E-state index contributed by atoms with van der Waals surface area (Å²) in [4.78, 5) is 20.9. The Kier molecular flexibility index (Phi) is 5.85. The van der Waals surface area contributed by atoms with Gasteiger partial charge in [-0.05, 0) is 24.7 Å². The van der Waals surface area contributed by atoms with E-state index in [0.717, 1.165) is 33.4 Å². The van der Waals surface area contributed by atoms with Crippen molar-refractivity contribution in [3.63, 3.8) is 0 Å². The van der Waals surface area contributed by atoms with E-state index in [1.165, 1.54) is 0 Å². The van der Waals surface area contributed by atoms with E-state index >= 15 is 0 Å². The van der Waals surface area contributed by atoms with Crippen LogP contribution in [0.25, 0.3) is 0 Å². The van der Waals surface area contributed by atoms with E-state index in [2.05, 4.69) is 41.5 Å². The molecule has 1 aliphatic rings. The summed E-state index contributed by atoms with van der Waals surface area (Å²) >= 11 is 0. The minimum Gasteiger partial charge on any atom is -0.327 e. The first kappa shape index (κ1) is 22.8. The number of hydrogen-bond acceptors (Lipinski definition) is 5. The normalized spacial score (nSPS) is 16.7. The number of aryl methyl sites for hydroxylation is 2. The van der Waals surface area contributed by atoms with Crippen molar-refractivity contribution in [1.82, 2.24) is 0 Å². The second kappa shape index (κ2) is 7.69. The van der Waals surface area contributed by atoms with E-state index in [1.54, 1.807) is 0 Å². The first-order chi connectivity index (χ1) is 13.7. The molecule has 2 aromatic carbocycles. The molecule has 0 radical (unpaired) electrons. The number of hydrogen-bond donors (Lipinski definition) is 1. The van der Waals surface area contributed by atoms with Crippen molar-refractivity contribution in [3.05, 3.63) is 57.6 Å². The highest BCUT2D eigenvalue weighted by Gasteiger charge is 2.33. The lowest BCUT2D eigenvalue weighted by molar-refractivity contribution is -0.190. The van der Waals surface area contributed by atoms with Crippen LogP contribution >= 0.6 is 7.82 Å². The Morgan fingerprint density at radius 1 is 0.767 bits per heavy atom. The minimum atomic E-state index is -4.63. The highest BCUT2D eigenvalue weighted by Crippen LogP contribution is 2.49. The molecule has 0 atom stereocenters. The molecule has 3 rings (SSSR count). The van der Waals surface area contributed by atoms with E-state index in [1.807, 2.05) is 38.1 Å². The molecule has 0 saturated heterocycles. The summed E-state index contributed by atoms with van der Waals surface area (Å²) in [6, 6.07) is 8.01. The smallest absolute Gasteiger partial charge is 0.327 e. The summed E-state index contributed by atoms with van der Waals surface area (Å²) in [5.41, 5.74) is 5.03. The van der Waals surface area contributed by atoms with Crippen LogP contribution in [0.3, 0.4) is 0 Å². The van der Waals surface area contributed by atoms with Crippen molar-refractivity contribution in [2.75, 3.05) is 0 Å². The topological polar surface area (TPSA) is 74.2 Å². The predicted molar refractivity (Wildman–Crippen MR) is 116 cm³/mol. The van der Waals surface area contributed by atoms with E-state index in [4.69, 9.17) is 19.1 Å². The number of fused-ring (bicyclic) bond motifs is 2. The molecule has 7 heteroatoms. The summed E-state index contributed by atoms with van der Waals surface area (Å²) in [5, 5.41) is 0. The fourth-order valence-corrected chi connectivity index (χ4v) is 4.02. The molecule has 6 nitrogen and oxygen atoms in total. The van der Waals surface area contributed by atoms with E-state index in [9.17, 15) is 9.46 Å². The molecule has 0 unspecified atom stereocenters. The van der Waals surface area contributed by atoms with Gasteiger partial charge in [0.05, 0.1) is 0 Å². The average Bonchev–Trinajstić information content (AvgIpc) is 2.57. The summed E-state index contributed by atoms with van der Waals surface area (Å²) in [7, 11) is -4.63. The van der Waals surface area contributed by atoms with Gasteiger partial charge in [-0.2, -0.15) is 0 Å². The molecule has 1 aliphatic heterocycles. The predicted octanol–water partition coefficient (Wildman–Crippen LogP) is 6.22. The first-order valence-electron chi connectivity index (χ1n) is 10.0. The molecular formula is C23H31O6P. The average molecular weight is 434 g/mol. The molecule has 0 aromatic heterocycles. The second-order valence-electron chi connectivity index (χ2n) is 10.1. The Hall–Kier alpha value is -1.85. The Morgan fingerprint density at radius 3 is 1.47 bits per heavy atom. The first-order valence-corrected chi connectivity index (χ1v) is 11.5. The zero-order valence-electron chi connectivity index (χ0n) is 19.0. The Balaban J connectivity index is 2.30. The van der Waals surface area contributed by atoms with Gasteiger partial charge in [-0.25, -0.2) is 4.57 Å². The maximum atomic E-state index is 12.4. The van der Waals surface area contributed by atoms with E-state index < -0.39 is 7.82 Å². The zero-order valence-corrected chi connectivity index (χ0v) is 19.8. The Morgan fingerprint density at radius 2 is 1.13 bits per heavy atom. The maximum Gasteiger partial charge on any atom is 0.544 e. The van der Waals surface area contributed by atoms with Gasteiger partial charge in [0.2, 0.25) is 0 Å². The third kappa shape index (κ3) is 4.89. The molecule has 2 aromatic rings. The van der Waals surface area contributed by atoms with Gasteiger partial charge in [-0.3, -0.25) is 4.89 Å².